The van der Waals surface area contributed by atoms with E-state index in [1.165, 1.54) is 0 Å². The molecule has 1 unspecified atom stereocenters. The van der Waals surface area contributed by atoms with E-state index in [9.17, 15) is 18.0 Å². The Bertz CT molecular complexity index is 797. The van der Waals surface area contributed by atoms with Gasteiger partial charge < -0.3 is 15.2 Å². The molecule has 1 atom stereocenters. The van der Waals surface area contributed by atoms with E-state index in [2.05, 4.69) is 15.6 Å². The third-order valence-electron chi connectivity index (χ3n) is 4.52. The van der Waals surface area contributed by atoms with Crippen molar-refractivity contribution >= 4 is 21.7 Å². The minimum Gasteiger partial charge on any atom is -0.348 e. The van der Waals surface area contributed by atoms with Gasteiger partial charge in [-0.25, -0.2) is 13.4 Å². The molecular formula is C16H24N4O4S. The predicted octanol–water partition coefficient (Wildman–Crippen LogP) is 0.275. The number of nitrogens with one attached hydrogen (secondary N) is 2. The van der Waals surface area contributed by atoms with Crippen LogP contribution in [0.25, 0.3) is 0 Å². The number of hydrogen-bond donors (Lipinski definition) is 2. The molecule has 0 radical (unpaired) electrons. The molecule has 0 aromatic carbocycles. The van der Waals surface area contributed by atoms with E-state index < -0.39 is 15.7 Å². The lowest BCUT2D eigenvalue weighted by Gasteiger charge is -2.18. The van der Waals surface area contributed by atoms with Crippen LogP contribution in [0.1, 0.15) is 59.9 Å². The predicted molar refractivity (Wildman–Crippen MR) is 92.3 cm³/mol. The molecule has 1 aromatic rings. The van der Waals surface area contributed by atoms with Crippen LogP contribution in [0, 0.1) is 0 Å². The van der Waals surface area contributed by atoms with Crippen LogP contribution in [0.2, 0.25) is 0 Å². The average Bonchev–Trinajstić information content (AvgIpc) is 3.07. The molecular weight excluding hydrogens is 344 g/mol. The lowest BCUT2D eigenvalue weighted by Crippen LogP contribution is -2.37. The fourth-order valence-electron chi connectivity index (χ4n) is 3.39. The minimum atomic E-state index is -3.07. The van der Waals surface area contributed by atoms with Gasteiger partial charge in [-0.3, -0.25) is 9.59 Å². The molecule has 0 spiro atoms. The van der Waals surface area contributed by atoms with Crippen LogP contribution in [-0.2, 0) is 22.8 Å². The van der Waals surface area contributed by atoms with Crippen molar-refractivity contribution < 1.29 is 18.0 Å². The molecule has 2 aliphatic rings. The number of imidazole rings is 1. The third kappa shape index (κ3) is 3.86. The second-order valence-corrected chi connectivity index (χ2v) is 9.27. The van der Waals surface area contributed by atoms with Gasteiger partial charge in [0.15, 0.2) is 15.7 Å². The van der Waals surface area contributed by atoms with E-state index in [4.69, 9.17) is 0 Å². The summed E-state index contributed by atoms with van der Waals surface area (Å²) in [5.74, 6) is -0.419. The molecule has 0 aliphatic carbocycles. The van der Waals surface area contributed by atoms with Crippen molar-refractivity contribution in [3.05, 3.63) is 17.2 Å². The van der Waals surface area contributed by atoms with Crippen molar-refractivity contribution in [2.75, 3.05) is 11.5 Å². The number of fused-ring (bicyclic) bond motifs is 1. The number of carbonyl (C=O) groups is 2. The Balaban J connectivity index is 1.84. The number of aromatic nitrogens is 2. The highest BCUT2D eigenvalue weighted by Crippen LogP contribution is 2.22. The lowest BCUT2D eigenvalue weighted by atomic mass is 10.1. The molecule has 2 aliphatic heterocycles. The Morgan fingerprint density at radius 3 is 2.64 bits per heavy atom. The van der Waals surface area contributed by atoms with Crippen LogP contribution in [-0.4, -0.2) is 53.4 Å². The average molecular weight is 368 g/mol. The zero-order valence-electron chi connectivity index (χ0n) is 14.5. The van der Waals surface area contributed by atoms with Crippen molar-refractivity contribution in [3.63, 3.8) is 0 Å². The molecule has 8 nitrogen and oxygen atoms in total. The summed E-state index contributed by atoms with van der Waals surface area (Å²) in [4.78, 5) is 29.3. The van der Waals surface area contributed by atoms with Crippen LogP contribution in [0.5, 0.6) is 0 Å². The number of rotatable bonds is 4. The molecule has 1 aromatic heterocycles. The highest BCUT2D eigenvalue weighted by Gasteiger charge is 2.32. The van der Waals surface area contributed by atoms with Crippen LogP contribution in [0.15, 0.2) is 0 Å². The van der Waals surface area contributed by atoms with E-state index in [0.29, 0.717) is 25.1 Å². The van der Waals surface area contributed by atoms with E-state index in [1.807, 2.05) is 13.8 Å². The first-order valence-electron chi connectivity index (χ1n) is 8.68. The molecule has 3 rings (SSSR count). The second kappa shape index (κ2) is 6.78. The molecule has 2 amide bonds. The highest BCUT2D eigenvalue weighted by molar-refractivity contribution is 7.91. The summed E-state index contributed by atoms with van der Waals surface area (Å²) in [5.41, 5.74) is 1.09. The molecule has 2 N–H and O–H groups in total. The Morgan fingerprint density at radius 2 is 2.00 bits per heavy atom. The topological polar surface area (TPSA) is 110 Å². The Kier molecular flexibility index (Phi) is 4.86. The van der Waals surface area contributed by atoms with Crippen molar-refractivity contribution in [2.45, 2.75) is 58.2 Å². The van der Waals surface area contributed by atoms with E-state index in [0.717, 1.165) is 18.5 Å². The monoisotopic (exact) mass is 368 g/mol. The van der Waals surface area contributed by atoms with Crippen LogP contribution >= 0.6 is 0 Å². The van der Waals surface area contributed by atoms with Crippen LogP contribution < -0.4 is 10.6 Å². The van der Waals surface area contributed by atoms with Gasteiger partial charge in [-0.2, -0.15) is 0 Å². The van der Waals surface area contributed by atoms with Crippen molar-refractivity contribution in [3.8, 4) is 0 Å². The molecule has 138 valence electrons. The normalized spacial score (nSPS) is 21.8. The van der Waals surface area contributed by atoms with Crippen molar-refractivity contribution in [1.82, 2.24) is 20.2 Å². The number of carbonyl (C=O) groups excluding carboxylic acids is 2. The quantitative estimate of drug-likeness (QED) is 0.793. The maximum Gasteiger partial charge on any atom is 0.287 e. The smallest absolute Gasteiger partial charge is 0.287 e. The summed E-state index contributed by atoms with van der Waals surface area (Å²) in [6.45, 7) is 4.38. The summed E-state index contributed by atoms with van der Waals surface area (Å²) >= 11 is 0. The maximum atomic E-state index is 12.6. The van der Waals surface area contributed by atoms with Gasteiger partial charge in [0.1, 0.15) is 5.69 Å². The number of nitrogens with zero attached hydrogens (tertiary/aromatic N) is 2. The van der Waals surface area contributed by atoms with Gasteiger partial charge >= 0.3 is 0 Å². The fourth-order valence-corrected chi connectivity index (χ4v) is 5.06. The first kappa shape index (κ1) is 17.9. The van der Waals surface area contributed by atoms with E-state index >= 15 is 0 Å². The highest BCUT2D eigenvalue weighted by atomic mass is 32.2. The Hall–Kier alpha value is -1.90. The second-order valence-electron chi connectivity index (χ2n) is 7.04. The molecule has 25 heavy (non-hydrogen) atoms. The molecule has 0 saturated carbocycles. The molecule has 0 bridgehead atoms. The summed E-state index contributed by atoms with van der Waals surface area (Å²) in [6, 6.07) is -0.406. The molecule has 9 heteroatoms. The Labute approximate surface area is 147 Å². The fraction of sp³-hybridized carbons (Fsp3) is 0.688. The van der Waals surface area contributed by atoms with Gasteiger partial charge in [0.05, 0.1) is 17.2 Å². The largest absolute Gasteiger partial charge is 0.348 e. The maximum absolute atomic E-state index is 12.6. The standard InChI is InChI=1S/C16H24N4O4S/c1-10(2)17-15(21)13-12-5-3-4-7-20(12)14(19-13)16(22)18-11-6-8-25(23,24)9-11/h10-11H,3-9H2,1-2H3,(H,17,21)(H,18,22). The lowest BCUT2D eigenvalue weighted by molar-refractivity contribution is 0.0925. The number of amides is 2. The number of sulfone groups is 1. The Morgan fingerprint density at radius 1 is 1.24 bits per heavy atom. The number of hydrogen-bond acceptors (Lipinski definition) is 5. The summed E-state index contributed by atoms with van der Waals surface area (Å²) in [7, 11) is -3.07. The molecule has 3 heterocycles. The van der Waals surface area contributed by atoms with Crippen molar-refractivity contribution in [1.29, 1.82) is 0 Å². The first-order valence-corrected chi connectivity index (χ1v) is 10.5. The van der Waals surface area contributed by atoms with Gasteiger partial charge in [0.2, 0.25) is 0 Å². The van der Waals surface area contributed by atoms with Gasteiger partial charge in [-0.1, -0.05) is 0 Å². The van der Waals surface area contributed by atoms with E-state index in [1.54, 1.807) is 4.57 Å². The minimum absolute atomic E-state index is 0.0191. The first-order chi connectivity index (χ1) is 11.8. The van der Waals surface area contributed by atoms with Gasteiger partial charge in [0.25, 0.3) is 11.8 Å². The zero-order valence-corrected chi connectivity index (χ0v) is 15.4. The van der Waals surface area contributed by atoms with Crippen molar-refractivity contribution in [2.24, 2.45) is 0 Å². The van der Waals surface area contributed by atoms with Gasteiger partial charge in [-0.05, 0) is 39.5 Å². The van der Waals surface area contributed by atoms with Gasteiger partial charge in [-0.15, -0.1) is 0 Å². The summed E-state index contributed by atoms with van der Waals surface area (Å²) < 4.78 is 24.9. The summed E-state index contributed by atoms with van der Waals surface area (Å²) in [6.07, 6.45) is 3.00. The molecule has 1 saturated heterocycles. The van der Waals surface area contributed by atoms with E-state index in [-0.39, 0.29) is 35.3 Å². The zero-order chi connectivity index (χ0) is 18.2. The third-order valence-corrected chi connectivity index (χ3v) is 6.29. The SMILES string of the molecule is CC(C)NC(=O)c1nc(C(=O)NC2CCS(=O)(=O)C2)n2c1CCCC2. The van der Waals surface area contributed by atoms with Crippen LogP contribution in [0.3, 0.4) is 0 Å². The van der Waals surface area contributed by atoms with Gasteiger partial charge in [0, 0.05) is 18.6 Å². The summed E-state index contributed by atoms with van der Waals surface area (Å²) in [5, 5.41) is 5.58. The van der Waals surface area contributed by atoms with Crippen LogP contribution in [0.4, 0.5) is 0 Å². The molecule has 1 fully saturated rings.